The van der Waals surface area contributed by atoms with E-state index in [2.05, 4.69) is 10.1 Å². The van der Waals surface area contributed by atoms with Gasteiger partial charge in [-0.25, -0.2) is 4.39 Å². The van der Waals surface area contributed by atoms with E-state index in [0.29, 0.717) is 22.7 Å². The van der Waals surface area contributed by atoms with Crippen molar-refractivity contribution in [2.24, 2.45) is 0 Å². The maximum Gasteiger partial charge on any atom is 0.239 e. The molecule has 3 aromatic rings. The molecule has 0 spiro atoms. The van der Waals surface area contributed by atoms with Crippen molar-refractivity contribution >= 4 is 10.8 Å². The molecule has 23 heavy (non-hydrogen) atoms. The van der Waals surface area contributed by atoms with Gasteiger partial charge >= 0.3 is 0 Å². The molecule has 0 radical (unpaired) electrons. The van der Waals surface area contributed by atoms with Gasteiger partial charge in [-0.1, -0.05) is 47.6 Å². The molecule has 0 bridgehead atoms. The van der Waals surface area contributed by atoms with Gasteiger partial charge in [0, 0.05) is 22.1 Å². The molecule has 2 aromatic carbocycles. The lowest BCUT2D eigenvalue weighted by molar-refractivity contribution is 0.390. The van der Waals surface area contributed by atoms with Crippen LogP contribution in [0.5, 0.6) is 0 Å². The third-order valence-corrected chi connectivity index (χ3v) is 4.58. The summed E-state index contributed by atoms with van der Waals surface area (Å²) in [6, 6.07) is 14.3. The molecule has 0 unspecified atom stereocenters. The minimum atomic E-state index is -1.14. The Kier molecular flexibility index (Phi) is 4.62. The van der Waals surface area contributed by atoms with Crippen LogP contribution in [0.2, 0.25) is 0 Å². The van der Waals surface area contributed by atoms with Gasteiger partial charge in [0.25, 0.3) is 0 Å². The molecule has 118 valence electrons. The summed E-state index contributed by atoms with van der Waals surface area (Å²) in [4.78, 5) is 4.20. The van der Waals surface area contributed by atoms with E-state index >= 15 is 0 Å². The molecule has 0 aliphatic rings. The molecule has 1 heterocycles. The Morgan fingerprint density at radius 3 is 2.65 bits per heavy atom. The number of halogens is 1. The lowest BCUT2D eigenvalue weighted by Crippen LogP contribution is -1.99. The molecule has 0 aliphatic carbocycles. The van der Waals surface area contributed by atoms with Crippen molar-refractivity contribution in [1.29, 1.82) is 0 Å². The van der Waals surface area contributed by atoms with Gasteiger partial charge in [0.1, 0.15) is 11.6 Å². The Morgan fingerprint density at radius 1 is 1.13 bits per heavy atom. The van der Waals surface area contributed by atoms with Crippen LogP contribution in [0.15, 0.2) is 53.1 Å². The highest BCUT2D eigenvalue weighted by molar-refractivity contribution is 7.83. The largest absolute Gasteiger partial charge is 0.338 e. The Morgan fingerprint density at radius 2 is 1.91 bits per heavy atom. The normalized spacial score (nSPS) is 12.3. The highest BCUT2D eigenvalue weighted by atomic mass is 32.2. The van der Waals surface area contributed by atoms with Gasteiger partial charge in [0.15, 0.2) is 0 Å². The van der Waals surface area contributed by atoms with Crippen LogP contribution in [0.1, 0.15) is 17.0 Å². The molecule has 0 saturated heterocycles. The van der Waals surface area contributed by atoms with Crippen LogP contribution >= 0.6 is 0 Å². The van der Waals surface area contributed by atoms with Crippen molar-refractivity contribution in [1.82, 2.24) is 10.1 Å². The van der Waals surface area contributed by atoms with Crippen molar-refractivity contribution < 1.29 is 13.1 Å². The van der Waals surface area contributed by atoms with Crippen LogP contribution in [-0.2, 0) is 22.3 Å². The molecule has 1 atom stereocenters. The van der Waals surface area contributed by atoms with Crippen LogP contribution in [0.3, 0.4) is 0 Å². The number of hydrogen-bond donors (Lipinski definition) is 0. The monoisotopic (exact) mass is 330 g/mol. The summed E-state index contributed by atoms with van der Waals surface area (Å²) in [6.45, 7) is 1.69. The predicted molar refractivity (Wildman–Crippen MR) is 86.4 cm³/mol. The van der Waals surface area contributed by atoms with Crippen LogP contribution in [-0.4, -0.2) is 14.3 Å². The van der Waals surface area contributed by atoms with E-state index in [1.807, 2.05) is 30.3 Å². The van der Waals surface area contributed by atoms with E-state index in [-0.39, 0.29) is 17.5 Å². The Balaban J connectivity index is 1.69. The van der Waals surface area contributed by atoms with Gasteiger partial charge in [-0.05, 0) is 24.1 Å². The molecule has 0 fully saturated rings. The molecule has 0 amide bonds. The SMILES string of the molecule is Cc1ccc(-c2noc(C[S@@](=O)Cc3ccccc3)n2)cc1F. The summed E-state index contributed by atoms with van der Waals surface area (Å²) in [5.41, 5.74) is 2.09. The highest BCUT2D eigenvalue weighted by Crippen LogP contribution is 2.19. The zero-order valence-electron chi connectivity index (χ0n) is 12.5. The molecule has 0 N–H and O–H groups in total. The van der Waals surface area contributed by atoms with Crippen molar-refractivity contribution in [2.45, 2.75) is 18.4 Å². The van der Waals surface area contributed by atoms with E-state index < -0.39 is 10.8 Å². The first-order valence-corrected chi connectivity index (χ1v) is 8.58. The van der Waals surface area contributed by atoms with E-state index in [1.54, 1.807) is 19.1 Å². The van der Waals surface area contributed by atoms with Gasteiger partial charge in [-0.15, -0.1) is 0 Å². The summed E-state index contributed by atoms with van der Waals surface area (Å²) in [7, 11) is -1.14. The Hall–Kier alpha value is -2.34. The summed E-state index contributed by atoms with van der Waals surface area (Å²) in [5, 5.41) is 3.83. The van der Waals surface area contributed by atoms with Gasteiger partial charge in [-0.3, -0.25) is 4.21 Å². The fourth-order valence-electron chi connectivity index (χ4n) is 2.11. The number of hydrogen-bond acceptors (Lipinski definition) is 4. The van der Waals surface area contributed by atoms with E-state index in [9.17, 15) is 8.60 Å². The quantitative estimate of drug-likeness (QED) is 0.717. The van der Waals surface area contributed by atoms with Crippen molar-refractivity contribution in [3.63, 3.8) is 0 Å². The number of nitrogens with zero attached hydrogens (tertiary/aromatic N) is 2. The average Bonchev–Trinajstić information content (AvgIpc) is 2.99. The van der Waals surface area contributed by atoms with Crippen molar-refractivity contribution in [3.8, 4) is 11.4 Å². The third kappa shape index (κ3) is 3.90. The number of benzene rings is 2. The highest BCUT2D eigenvalue weighted by Gasteiger charge is 2.13. The van der Waals surface area contributed by atoms with Gasteiger partial charge in [0.05, 0.1) is 0 Å². The minimum absolute atomic E-state index is 0.177. The lowest BCUT2D eigenvalue weighted by atomic mass is 10.1. The topological polar surface area (TPSA) is 56.0 Å². The van der Waals surface area contributed by atoms with Crippen LogP contribution in [0, 0.1) is 12.7 Å². The van der Waals surface area contributed by atoms with Crippen molar-refractivity contribution in [2.75, 3.05) is 0 Å². The molecule has 3 rings (SSSR count). The first kappa shape index (κ1) is 15.6. The summed E-state index contributed by atoms with van der Waals surface area (Å²) in [5.74, 6) is 0.876. The van der Waals surface area contributed by atoms with Gasteiger partial charge < -0.3 is 4.52 Å². The van der Waals surface area contributed by atoms with Crippen LogP contribution in [0.25, 0.3) is 11.4 Å². The Labute approximate surface area is 135 Å². The van der Waals surface area contributed by atoms with Gasteiger partial charge in [0.2, 0.25) is 11.7 Å². The zero-order chi connectivity index (χ0) is 16.2. The molecular weight excluding hydrogens is 315 g/mol. The standard InChI is InChI=1S/C17H15FN2O2S/c1-12-7-8-14(9-15(12)18)17-19-16(22-20-17)11-23(21)10-13-5-3-2-4-6-13/h2-9H,10-11H2,1H3/t23-/m0/s1. The molecular formula is C17H15FN2O2S. The third-order valence-electron chi connectivity index (χ3n) is 3.35. The average molecular weight is 330 g/mol. The first-order valence-electron chi connectivity index (χ1n) is 7.10. The molecule has 1 aromatic heterocycles. The smallest absolute Gasteiger partial charge is 0.239 e. The fraction of sp³-hybridized carbons (Fsp3) is 0.176. The predicted octanol–water partition coefficient (Wildman–Crippen LogP) is 3.63. The molecule has 4 nitrogen and oxygen atoms in total. The first-order chi connectivity index (χ1) is 11.1. The summed E-state index contributed by atoms with van der Waals surface area (Å²) < 4.78 is 30.9. The second-order valence-electron chi connectivity index (χ2n) is 5.19. The second kappa shape index (κ2) is 6.83. The van der Waals surface area contributed by atoms with E-state index in [0.717, 1.165) is 5.56 Å². The summed E-state index contributed by atoms with van der Waals surface area (Å²) >= 11 is 0. The molecule has 6 heteroatoms. The van der Waals surface area contributed by atoms with E-state index in [1.165, 1.54) is 6.07 Å². The lowest BCUT2D eigenvalue weighted by Gasteiger charge is -1.99. The van der Waals surface area contributed by atoms with Crippen molar-refractivity contribution in [3.05, 3.63) is 71.4 Å². The minimum Gasteiger partial charge on any atom is -0.338 e. The Bertz CT molecular complexity index is 834. The summed E-state index contributed by atoms with van der Waals surface area (Å²) in [6.07, 6.45) is 0. The maximum atomic E-state index is 13.6. The fourth-order valence-corrected chi connectivity index (χ4v) is 3.17. The van der Waals surface area contributed by atoms with Gasteiger partial charge in [-0.2, -0.15) is 4.98 Å². The number of aryl methyl sites for hydroxylation is 1. The zero-order valence-corrected chi connectivity index (χ0v) is 13.3. The van der Waals surface area contributed by atoms with E-state index in [4.69, 9.17) is 4.52 Å². The molecule has 0 saturated carbocycles. The molecule has 0 aliphatic heterocycles. The number of rotatable bonds is 5. The second-order valence-corrected chi connectivity index (χ2v) is 6.65. The van der Waals surface area contributed by atoms with Crippen LogP contribution < -0.4 is 0 Å². The maximum absolute atomic E-state index is 13.6. The number of aromatic nitrogens is 2. The van der Waals surface area contributed by atoms with Crippen LogP contribution in [0.4, 0.5) is 4.39 Å².